The lowest BCUT2D eigenvalue weighted by atomic mass is 9.85. The van der Waals surface area contributed by atoms with Crippen LogP contribution in [-0.4, -0.2) is 48.8 Å². The predicted octanol–water partition coefficient (Wildman–Crippen LogP) is 1.71. The summed E-state index contributed by atoms with van der Waals surface area (Å²) in [5.74, 6) is 0.645. The van der Waals surface area contributed by atoms with Crippen molar-refractivity contribution in [1.29, 1.82) is 0 Å². The molecule has 0 aliphatic heterocycles. The van der Waals surface area contributed by atoms with Gasteiger partial charge in [-0.2, -0.15) is 0 Å². The van der Waals surface area contributed by atoms with Crippen LogP contribution in [-0.2, 0) is 0 Å². The highest BCUT2D eigenvalue weighted by atomic mass is 16.3. The SMILES string of the molecule is CNC(CO)(CN(C)C(C)C(C)(C)C)C1CC1. The van der Waals surface area contributed by atoms with Gasteiger partial charge in [-0.25, -0.2) is 0 Å². The van der Waals surface area contributed by atoms with Crippen LogP contribution in [0.15, 0.2) is 0 Å². The van der Waals surface area contributed by atoms with Gasteiger partial charge in [0, 0.05) is 12.6 Å². The molecular weight excluding hydrogens is 212 g/mol. The van der Waals surface area contributed by atoms with E-state index in [2.05, 4.69) is 45.0 Å². The molecule has 0 spiro atoms. The average Bonchev–Trinajstić information content (AvgIpc) is 3.07. The number of hydrogen-bond donors (Lipinski definition) is 2. The minimum absolute atomic E-state index is 0.103. The Balaban J connectivity index is 2.67. The molecule has 3 nitrogen and oxygen atoms in total. The van der Waals surface area contributed by atoms with Gasteiger partial charge in [0.05, 0.1) is 12.1 Å². The summed E-state index contributed by atoms with van der Waals surface area (Å²) >= 11 is 0. The minimum atomic E-state index is -0.103. The molecule has 2 atom stereocenters. The van der Waals surface area contributed by atoms with Crippen LogP contribution in [0, 0.1) is 11.3 Å². The molecule has 1 aliphatic carbocycles. The van der Waals surface area contributed by atoms with Crippen molar-refractivity contribution in [1.82, 2.24) is 10.2 Å². The third kappa shape index (κ3) is 3.43. The van der Waals surface area contributed by atoms with E-state index in [1.807, 2.05) is 7.05 Å². The van der Waals surface area contributed by atoms with Crippen LogP contribution in [0.4, 0.5) is 0 Å². The fourth-order valence-electron chi connectivity index (χ4n) is 2.55. The molecule has 1 fully saturated rings. The van der Waals surface area contributed by atoms with Crippen LogP contribution < -0.4 is 5.32 Å². The van der Waals surface area contributed by atoms with Crippen molar-refractivity contribution in [3.63, 3.8) is 0 Å². The van der Waals surface area contributed by atoms with Gasteiger partial charge in [-0.05, 0) is 45.2 Å². The molecule has 0 amide bonds. The van der Waals surface area contributed by atoms with Gasteiger partial charge in [-0.1, -0.05) is 20.8 Å². The Hall–Kier alpha value is -0.120. The van der Waals surface area contributed by atoms with Crippen LogP contribution in [0.3, 0.4) is 0 Å². The first-order valence-corrected chi connectivity index (χ1v) is 6.77. The van der Waals surface area contributed by atoms with Crippen LogP contribution in [0.2, 0.25) is 0 Å². The maximum absolute atomic E-state index is 9.73. The lowest BCUT2D eigenvalue weighted by Crippen LogP contribution is -2.58. The molecule has 0 saturated heterocycles. The van der Waals surface area contributed by atoms with Crippen molar-refractivity contribution in [2.75, 3.05) is 27.2 Å². The van der Waals surface area contributed by atoms with Gasteiger partial charge in [0.1, 0.15) is 0 Å². The summed E-state index contributed by atoms with van der Waals surface area (Å²) in [5, 5.41) is 13.1. The largest absolute Gasteiger partial charge is 0.394 e. The van der Waals surface area contributed by atoms with Crippen molar-refractivity contribution in [2.45, 2.75) is 52.1 Å². The second kappa shape index (κ2) is 5.25. The average molecular weight is 242 g/mol. The van der Waals surface area contributed by atoms with Gasteiger partial charge < -0.3 is 15.3 Å². The molecule has 2 unspecified atom stereocenters. The third-order valence-electron chi connectivity index (χ3n) is 4.58. The zero-order valence-corrected chi connectivity index (χ0v) is 12.4. The van der Waals surface area contributed by atoms with E-state index in [9.17, 15) is 5.11 Å². The van der Waals surface area contributed by atoms with Gasteiger partial charge in [0.2, 0.25) is 0 Å². The predicted molar refractivity (Wildman–Crippen MR) is 73.1 cm³/mol. The van der Waals surface area contributed by atoms with Crippen LogP contribution in [0.25, 0.3) is 0 Å². The van der Waals surface area contributed by atoms with Crippen molar-refractivity contribution in [3.8, 4) is 0 Å². The van der Waals surface area contributed by atoms with Gasteiger partial charge in [-0.15, -0.1) is 0 Å². The molecule has 102 valence electrons. The number of aliphatic hydroxyl groups is 1. The van der Waals surface area contributed by atoms with E-state index in [0.29, 0.717) is 12.0 Å². The van der Waals surface area contributed by atoms with Crippen molar-refractivity contribution >= 4 is 0 Å². The fourth-order valence-corrected chi connectivity index (χ4v) is 2.55. The molecule has 3 heteroatoms. The summed E-state index contributed by atoms with van der Waals surface area (Å²) in [5.41, 5.74) is 0.168. The Kier molecular flexibility index (Phi) is 4.61. The fraction of sp³-hybridized carbons (Fsp3) is 1.00. The second-order valence-corrected chi connectivity index (χ2v) is 6.80. The molecule has 0 aromatic carbocycles. The summed E-state index contributed by atoms with van der Waals surface area (Å²) in [6.45, 7) is 10.2. The lowest BCUT2D eigenvalue weighted by Gasteiger charge is -2.42. The smallest absolute Gasteiger partial charge is 0.0628 e. The number of nitrogens with one attached hydrogen (secondary N) is 1. The summed E-state index contributed by atoms with van der Waals surface area (Å²) < 4.78 is 0. The van der Waals surface area contributed by atoms with E-state index in [4.69, 9.17) is 0 Å². The van der Waals surface area contributed by atoms with E-state index in [0.717, 1.165) is 6.54 Å². The van der Waals surface area contributed by atoms with Crippen LogP contribution in [0.1, 0.15) is 40.5 Å². The molecular formula is C14H30N2O. The molecule has 1 saturated carbocycles. The van der Waals surface area contributed by atoms with E-state index in [-0.39, 0.29) is 17.6 Å². The van der Waals surface area contributed by atoms with E-state index in [1.54, 1.807) is 0 Å². The standard InChI is InChI=1S/C14H30N2O/c1-11(13(2,3)4)16(6)9-14(10-17,15-5)12-7-8-12/h11-12,15,17H,7-10H2,1-6H3. The number of nitrogens with zero attached hydrogens (tertiary/aromatic N) is 1. The molecule has 0 aromatic heterocycles. The summed E-state index contributed by atoms with van der Waals surface area (Å²) in [7, 11) is 4.14. The number of aliphatic hydroxyl groups excluding tert-OH is 1. The Morgan fingerprint density at radius 3 is 2.18 bits per heavy atom. The molecule has 0 bridgehead atoms. The number of hydrogen-bond acceptors (Lipinski definition) is 3. The quantitative estimate of drug-likeness (QED) is 0.744. The highest BCUT2D eigenvalue weighted by Gasteiger charge is 2.45. The maximum Gasteiger partial charge on any atom is 0.0628 e. The van der Waals surface area contributed by atoms with E-state index < -0.39 is 0 Å². The van der Waals surface area contributed by atoms with Crippen LogP contribution >= 0.6 is 0 Å². The first kappa shape index (κ1) is 14.9. The Morgan fingerprint density at radius 1 is 1.35 bits per heavy atom. The molecule has 17 heavy (non-hydrogen) atoms. The minimum Gasteiger partial charge on any atom is -0.394 e. The molecule has 1 aliphatic rings. The summed E-state index contributed by atoms with van der Waals surface area (Å²) in [4.78, 5) is 2.38. The van der Waals surface area contributed by atoms with Gasteiger partial charge in [0.25, 0.3) is 0 Å². The zero-order chi connectivity index (χ0) is 13.3. The maximum atomic E-state index is 9.73. The summed E-state index contributed by atoms with van der Waals surface area (Å²) in [6.07, 6.45) is 2.50. The van der Waals surface area contributed by atoms with Crippen molar-refractivity contribution in [2.24, 2.45) is 11.3 Å². The Morgan fingerprint density at radius 2 is 1.88 bits per heavy atom. The normalized spacial score (nSPS) is 22.6. The van der Waals surface area contributed by atoms with Crippen LogP contribution in [0.5, 0.6) is 0 Å². The number of rotatable bonds is 6. The first-order valence-electron chi connectivity index (χ1n) is 6.77. The lowest BCUT2D eigenvalue weighted by molar-refractivity contribution is 0.0624. The number of likely N-dealkylation sites (N-methyl/N-ethyl adjacent to an activating group) is 2. The molecule has 1 rings (SSSR count). The Labute approximate surface area is 107 Å². The second-order valence-electron chi connectivity index (χ2n) is 6.80. The van der Waals surface area contributed by atoms with Gasteiger partial charge >= 0.3 is 0 Å². The van der Waals surface area contributed by atoms with E-state index in [1.165, 1.54) is 12.8 Å². The van der Waals surface area contributed by atoms with Crippen molar-refractivity contribution < 1.29 is 5.11 Å². The third-order valence-corrected chi connectivity index (χ3v) is 4.58. The van der Waals surface area contributed by atoms with Gasteiger partial charge in [0.15, 0.2) is 0 Å². The highest BCUT2D eigenvalue weighted by molar-refractivity contribution is 5.02. The summed E-state index contributed by atoms with van der Waals surface area (Å²) in [6, 6.07) is 0.500. The Bertz CT molecular complexity index is 239. The molecule has 0 aromatic rings. The highest BCUT2D eigenvalue weighted by Crippen LogP contribution is 2.40. The zero-order valence-electron chi connectivity index (χ0n) is 12.4. The topological polar surface area (TPSA) is 35.5 Å². The van der Waals surface area contributed by atoms with E-state index >= 15 is 0 Å². The van der Waals surface area contributed by atoms with Gasteiger partial charge in [-0.3, -0.25) is 0 Å². The molecule has 0 heterocycles. The molecule has 0 radical (unpaired) electrons. The van der Waals surface area contributed by atoms with Crippen molar-refractivity contribution in [3.05, 3.63) is 0 Å². The monoisotopic (exact) mass is 242 g/mol. The molecule has 2 N–H and O–H groups in total. The first-order chi connectivity index (χ1) is 7.77.